The fraction of sp³-hybridized carbons (Fsp3) is 0.500. The normalized spacial score (nSPS) is 19.4. The van der Waals surface area contributed by atoms with Crippen LogP contribution >= 0.6 is 0 Å². The van der Waals surface area contributed by atoms with E-state index >= 15 is 0 Å². The maximum atomic E-state index is 13.2. The second kappa shape index (κ2) is 4.80. The molecule has 2 rings (SSSR count). The van der Waals surface area contributed by atoms with E-state index in [4.69, 9.17) is 0 Å². The molecular weight excluding hydrogens is 235 g/mol. The molecule has 1 atom stereocenters. The first-order valence-electron chi connectivity index (χ1n) is 5.87. The Kier molecular flexibility index (Phi) is 3.36. The summed E-state index contributed by atoms with van der Waals surface area (Å²) in [5.41, 5.74) is 0.964. The lowest BCUT2D eigenvalue weighted by Gasteiger charge is -2.12. The van der Waals surface area contributed by atoms with Crippen molar-refractivity contribution >= 4 is 17.7 Å². The quantitative estimate of drug-likeness (QED) is 0.759. The van der Waals surface area contributed by atoms with Crippen LogP contribution in [0.5, 0.6) is 0 Å². The van der Waals surface area contributed by atoms with Gasteiger partial charge in [-0.15, -0.1) is 4.48 Å². The number of carbonyl (C=O) groups excluding carboxylic acids is 1. The van der Waals surface area contributed by atoms with Crippen LogP contribution in [0, 0.1) is 5.92 Å². The second-order valence-corrected chi connectivity index (χ2v) is 4.52. The molecule has 2 heterocycles. The fourth-order valence-corrected chi connectivity index (χ4v) is 2.25. The highest BCUT2D eigenvalue weighted by molar-refractivity contribution is 5.80. The van der Waals surface area contributed by atoms with Crippen LogP contribution in [0.4, 0.5) is 10.2 Å². The van der Waals surface area contributed by atoms with Crippen molar-refractivity contribution in [2.45, 2.75) is 13.0 Å². The summed E-state index contributed by atoms with van der Waals surface area (Å²) in [5.74, 6) is 0.0435. The van der Waals surface area contributed by atoms with E-state index in [1.54, 1.807) is 22.7 Å². The van der Waals surface area contributed by atoms with Gasteiger partial charge < -0.3 is 4.90 Å². The van der Waals surface area contributed by atoms with Gasteiger partial charge in [0.2, 0.25) is 5.91 Å². The lowest BCUT2D eigenvalue weighted by molar-refractivity contribution is -0.130. The summed E-state index contributed by atoms with van der Waals surface area (Å²) >= 11 is 0. The molecule has 1 aromatic heterocycles. The molecule has 0 unspecified atom stereocenters. The molecule has 1 aromatic rings. The maximum Gasteiger partial charge on any atom is 0.227 e. The molecule has 1 aliphatic rings. The van der Waals surface area contributed by atoms with E-state index in [0.29, 0.717) is 23.0 Å². The third-order valence-corrected chi connectivity index (χ3v) is 3.32. The summed E-state index contributed by atoms with van der Waals surface area (Å²) in [6, 6.07) is 0. The summed E-state index contributed by atoms with van der Waals surface area (Å²) in [6.45, 7) is 4.90. The number of aromatic nitrogens is 2. The van der Waals surface area contributed by atoms with Gasteiger partial charge in [0.1, 0.15) is 5.69 Å². The monoisotopic (exact) mass is 252 g/mol. The van der Waals surface area contributed by atoms with Gasteiger partial charge >= 0.3 is 0 Å². The van der Waals surface area contributed by atoms with E-state index in [0.717, 1.165) is 13.0 Å². The van der Waals surface area contributed by atoms with Crippen LogP contribution in [0.15, 0.2) is 12.8 Å². The van der Waals surface area contributed by atoms with E-state index < -0.39 is 0 Å². The van der Waals surface area contributed by atoms with Crippen LogP contribution in [0.1, 0.15) is 12.1 Å². The number of amides is 1. The Labute approximate surface area is 105 Å². The number of likely N-dealkylation sites (tertiary alicyclic amines) is 1. The molecule has 0 aromatic carbocycles. The van der Waals surface area contributed by atoms with Gasteiger partial charge in [0.25, 0.3) is 0 Å². The lowest BCUT2D eigenvalue weighted by Crippen LogP contribution is -2.25. The molecule has 5 nitrogen and oxygen atoms in total. The standard InChI is InChI=1S/C12H17FN4O/c1-4-10-11(16(3)13)7-14-17(10)8-9-5-6-15(2)12(9)18/h4,7,9H,1,5-6,8H2,2-3H3/t9-/m1/s1. The van der Waals surface area contributed by atoms with Gasteiger partial charge in [0.15, 0.2) is 0 Å². The smallest absolute Gasteiger partial charge is 0.227 e. The van der Waals surface area contributed by atoms with Gasteiger partial charge in [-0.25, -0.2) is 5.12 Å². The Morgan fingerprint density at radius 2 is 2.44 bits per heavy atom. The van der Waals surface area contributed by atoms with Crippen LogP contribution in [-0.2, 0) is 11.3 Å². The van der Waals surface area contributed by atoms with Crippen molar-refractivity contribution in [3.05, 3.63) is 18.5 Å². The second-order valence-electron chi connectivity index (χ2n) is 4.52. The molecule has 1 fully saturated rings. The van der Waals surface area contributed by atoms with Crippen LogP contribution in [0.2, 0.25) is 0 Å². The molecule has 98 valence electrons. The van der Waals surface area contributed by atoms with Gasteiger partial charge in [0, 0.05) is 20.6 Å². The van der Waals surface area contributed by atoms with Gasteiger partial charge in [-0.3, -0.25) is 9.48 Å². The summed E-state index contributed by atoms with van der Waals surface area (Å²) in [6.07, 6.45) is 3.81. The average molecular weight is 252 g/mol. The SMILES string of the molecule is C=Cc1c(N(C)F)cnn1C[C@H]1CCN(C)C1=O. The first-order chi connectivity index (χ1) is 8.54. The molecule has 0 aliphatic carbocycles. The lowest BCUT2D eigenvalue weighted by atomic mass is 10.1. The minimum Gasteiger partial charge on any atom is -0.345 e. The Morgan fingerprint density at radius 1 is 1.72 bits per heavy atom. The van der Waals surface area contributed by atoms with Crippen molar-refractivity contribution in [1.29, 1.82) is 0 Å². The van der Waals surface area contributed by atoms with Crippen molar-refractivity contribution in [2.75, 3.05) is 25.8 Å². The average Bonchev–Trinajstić information content (AvgIpc) is 2.87. The molecule has 1 saturated heterocycles. The Bertz CT molecular complexity index is 469. The minimum absolute atomic E-state index is 0.0774. The molecular formula is C12H17FN4O. The number of halogens is 1. The summed E-state index contributed by atoms with van der Waals surface area (Å²) < 4.78 is 14.8. The number of nitrogens with zero attached hydrogens (tertiary/aromatic N) is 4. The zero-order valence-corrected chi connectivity index (χ0v) is 10.6. The van der Waals surface area contributed by atoms with Crippen LogP contribution in [-0.4, -0.2) is 41.2 Å². The Hall–Kier alpha value is -1.85. The van der Waals surface area contributed by atoms with E-state index in [9.17, 15) is 9.28 Å². The van der Waals surface area contributed by atoms with Crippen molar-refractivity contribution in [2.24, 2.45) is 5.92 Å². The zero-order chi connectivity index (χ0) is 13.3. The van der Waals surface area contributed by atoms with Crippen molar-refractivity contribution < 1.29 is 9.28 Å². The summed E-state index contributed by atoms with van der Waals surface area (Å²) in [5, 5.41) is 4.63. The predicted molar refractivity (Wildman–Crippen MR) is 67.6 cm³/mol. The Balaban J connectivity index is 2.20. The van der Waals surface area contributed by atoms with Gasteiger partial charge in [-0.05, 0) is 12.5 Å². The number of carbonyl (C=O) groups is 1. The molecule has 0 spiro atoms. The highest BCUT2D eigenvalue weighted by Gasteiger charge is 2.30. The summed E-state index contributed by atoms with van der Waals surface area (Å²) in [7, 11) is 3.10. The molecule has 18 heavy (non-hydrogen) atoms. The largest absolute Gasteiger partial charge is 0.345 e. The van der Waals surface area contributed by atoms with Gasteiger partial charge in [-0.1, -0.05) is 6.58 Å². The first-order valence-corrected chi connectivity index (χ1v) is 5.87. The van der Waals surface area contributed by atoms with Gasteiger partial charge in [-0.2, -0.15) is 5.10 Å². The number of rotatable bonds is 4. The van der Waals surface area contributed by atoms with Crippen molar-refractivity contribution in [3.8, 4) is 0 Å². The van der Waals surface area contributed by atoms with Crippen LogP contribution in [0.3, 0.4) is 0 Å². The molecule has 1 amide bonds. The van der Waals surface area contributed by atoms with Crippen molar-refractivity contribution in [1.82, 2.24) is 14.7 Å². The van der Waals surface area contributed by atoms with E-state index in [2.05, 4.69) is 11.7 Å². The van der Waals surface area contributed by atoms with Gasteiger partial charge in [0.05, 0.1) is 24.4 Å². The van der Waals surface area contributed by atoms with Crippen molar-refractivity contribution in [3.63, 3.8) is 0 Å². The molecule has 0 bridgehead atoms. The fourth-order valence-electron chi connectivity index (χ4n) is 2.25. The van der Waals surface area contributed by atoms with Crippen LogP contribution < -0.4 is 5.12 Å². The number of hydrogen-bond acceptors (Lipinski definition) is 3. The molecule has 0 radical (unpaired) electrons. The number of anilines is 1. The topological polar surface area (TPSA) is 41.4 Å². The first kappa shape index (κ1) is 12.6. The summed E-state index contributed by atoms with van der Waals surface area (Å²) in [4.78, 5) is 13.5. The highest BCUT2D eigenvalue weighted by atomic mass is 19.2. The molecule has 1 aliphatic heterocycles. The van der Waals surface area contributed by atoms with E-state index in [1.807, 2.05) is 0 Å². The van der Waals surface area contributed by atoms with E-state index in [-0.39, 0.29) is 11.8 Å². The number of hydrogen-bond donors (Lipinski definition) is 0. The van der Waals surface area contributed by atoms with Crippen LogP contribution in [0.25, 0.3) is 6.08 Å². The predicted octanol–water partition coefficient (Wildman–Crippen LogP) is 1.33. The third-order valence-electron chi connectivity index (χ3n) is 3.32. The molecule has 6 heteroatoms. The zero-order valence-electron chi connectivity index (χ0n) is 10.6. The molecule has 0 N–H and O–H groups in total. The van der Waals surface area contributed by atoms with E-state index in [1.165, 1.54) is 13.2 Å². The Morgan fingerprint density at radius 3 is 2.94 bits per heavy atom. The molecule has 0 saturated carbocycles. The third kappa shape index (κ3) is 2.10. The maximum absolute atomic E-state index is 13.2. The minimum atomic E-state index is -0.0774. The highest BCUT2D eigenvalue weighted by Crippen LogP contribution is 2.24.